The van der Waals surface area contributed by atoms with E-state index in [1.807, 2.05) is 0 Å². The van der Waals surface area contributed by atoms with E-state index in [1.54, 1.807) is 19.2 Å². The van der Waals surface area contributed by atoms with E-state index in [1.165, 1.54) is 23.8 Å². The van der Waals surface area contributed by atoms with Gasteiger partial charge < -0.3 is 30.6 Å². The first-order valence-corrected chi connectivity index (χ1v) is 12.9. The monoisotopic (exact) mass is 525 g/mol. The third kappa shape index (κ3) is 4.81. The zero-order valence-electron chi connectivity index (χ0n) is 19.4. The number of hydrogen-bond donors (Lipinski definition) is 3. The second-order valence-electron chi connectivity index (χ2n) is 9.16. The van der Waals surface area contributed by atoms with Crippen molar-refractivity contribution in [3.8, 4) is 0 Å². The van der Waals surface area contributed by atoms with Gasteiger partial charge in [0.2, 0.25) is 5.91 Å². The molecule has 190 valence electrons. The van der Waals surface area contributed by atoms with Gasteiger partial charge in [0.25, 0.3) is 5.91 Å². The number of nitrogens with two attached hydrogens (primary N) is 1. The Hall–Kier alpha value is -2.87. The molecule has 1 saturated carbocycles. The number of nitrogens with zero attached hydrogens (tertiary/aromatic N) is 3. The van der Waals surface area contributed by atoms with Crippen LogP contribution in [0.1, 0.15) is 45.2 Å². The van der Waals surface area contributed by atoms with E-state index in [0.29, 0.717) is 25.7 Å². The highest BCUT2D eigenvalue weighted by atomic mass is 32.2. The molecule has 3 fully saturated rings. The Morgan fingerprint density at radius 3 is 2.54 bits per heavy atom. The average Bonchev–Trinajstić information content (AvgIpc) is 3.35. The van der Waals surface area contributed by atoms with Crippen molar-refractivity contribution >= 4 is 57.7 Å². The number of anilines is 1. The SMILES string of the molecule is COC(=O)[C@H]1CC[C@H](O/N=C(\C(=O)N[C@H]2C(=O)N3[C@@H]2SC(C)(C)[C@@H]3C(=O)O)c2csc(N)n2)CC1. The maximum absolute atomic E-state index is 13.2. The number of nitrogen functional groups attached to an aromatic ring is 1. The molecular weight excluding hydrogens is 498 g/mol. The number of carbonyl (C=O) groups is 4. The van der Waals surface area contributed by atoms with E-state index in [4.69, 9.17) is 15.3 Å². The number of carboxylic acids is 1. The number of methoxy groups -OCH3 is 1. The third-order valence-electron chi connectivity index (χ3n) is 6.44. The number of thiazole rings is 1. The minimum Gasteiger partial charge on any atom is -0.480 e. The summed E-state index contributed by atoms with van der Waals surface area (Å²) in [6.07, 6.45) is 2.02. The molecule has 35 heavy (non-hydrogen) atoms. The highest BCUT2D eigenvalue weighted by Gasteiger charge is 2.64. The number of amides is 2. The lowest BCUT2D eigenvalue weighted by molar-refractivity contribution is -0.160. The van der Waals surface area contributed by atoms with Gasteiger partial charge in [-0.2, -0.15) is 0 Å². The molecule has 1 aliphatic carbocycles. The molecule has 1 aromatic rings. The Morgan fingerprint density at radius 1 is 1.29 bits per heavy atom. The molecule has 3 atom stereocenters. The van der Waals surface area contributed by atoms with Crippen molar-refractivity contribution in [1.29, 1.82) is 0 Å². The summed E-state index contributed by atoms with van der Waals surface area (Å²) in [6.45, 7) is 3.52. The van der Waals surface area contributed by atoms with Crippen molar-refractivity contribution in [2.24, 2.45) is 11.1 Å². The van der Waals surface area contributed by atoms with Gasteiger partial charge in [-0.15, -0.1) is 23.1 Å². The highest BCUT2D eigenvalue weighted by Crippen LogP contribution is 2.50. The largest absolute Gasteiger partial charge is 0.480 e. The molecule has 0 radical (unpaired) electrons. The van der Waals surface area contributed by atoms with Gasteiger partial charge in [0.05, 0.1) is 13.0 Å². The average molecular weight is 526 g/mol. The van der Waals surface area contributed by atoms with Gasteiger partial charge in [-0.1, -0.05) is 5.16 Å². The Kier molecular flexibility index (Phi) is 6.95. The molecule has 4 rings (SSSR count). The number of ether oxygens (including phenoxy) is 1. The summed E-state index contributed by atoms with van der Waals surface area (Å²) in [4.78, 5) is 60.4. The van der Waals surface area contributed by atoms with E-state index >= 15 is 0 Å². The summed E-state index contributed by atoms with van der Waals surface area (Å²) in [5.41, 5.74) is 5.81. The number of esters is 1. The molecule has 3 heterocycles. The lowest BCUT2D eigenvalue weighted by atomic mass is 9.87. The van der Waals surface area contributed by atoms with Crippen molar-refractivity contribution in [3.63, 3.8) is 0 Å². The number of carboxylic acid groups (broad SMARTS) is 1. The fraction of sp³-hybridized carbons (Fsp3) is 0.619. The van der Waals surface area contributed by atoms with Crippen molar-refractivity contribution in [1.82, 2.24) is 15.2 Å². The van der Waals surface area contributed by atoms with Crippen LogP contribution in [-0.4, -0.2) is 79.9 Å². The molecule has 1 aromatic heterocycles. The van der Waals surface area contributed by atoms with Crippen LogP contribution < -0.4 is 11.1 Å². The predicted molar refractivity (Wildman–Crippen MR) is 128 cm³/mol. The number of nitrogens with one attached hydrogen (secondary N) is 1. The number of hydrogen-bond acceptors (Lipinski definition) is 11. The minimum atomic E-state index is -1.08. The second-order valence-corrected chi connectivity index (χ2v) is 11.8. The summed E-state index contributed by atoms with van der Waals surface area (Å²) < 4.78 is 4.08. The Morgan fingerprint density at radius 2 is 1.97 bits per heavy atom. The third-order valence-corrected chi connectivity index (χ3v) is 8.69. The number of thioether (sulfide) groups is 1. The maximum atomic E-state index is 13.2. The van der Waals surface area contributed by atoms with Crippen molar-refractivity contribution in [3.05, 3.63) is 11.1 Å². The number of fused-ring (bicyclic) bond motifs is 1. The van der Waals surface area contributed by atoms with Crippen LogP contribution in [0.4, 0.5) is 5.13 Å². The summed E-state index contributed by atoms with van der Waals surface area (Å²) in [5.74, 6) is -2.65. The summed E-state index contributed by atoms with van der Waals surface area (Å²) in [6, 6.07) is -1.87. The molecule has 4 N–H and O–H groups in total. The number of rotatable bonds is 7. The van der Waals surface area contributed by atoms with E-state index in [9.17, 15) is 24.3 Å². The molecule has 0 bridgehead atoms. The minimum absolute atomic E-state index is 0.128. The van der Waals surface area contributed by atoms with Crippen LogP contribution >= 0.6 is 23.1 Å². The maximum Gasteiger partial charge on any atom is 0.327 e. The topological polar surface area (TPSA) is 174 Å². The van der Waals surface area contributed by atoms with Gasteiger partial charge in [-0.3, -0.25) is 14.4 Å². The van der Waals surface area contributed by atoms with E-state index < -0.39 is 40.0 Å². The lowest BCUT2D eigenvalue weighted by Gasteiger charge is -2.43. The first-order chi connectivity index (χ1) is 16.5. The second kappa shape index (κ2) is 9.64. The Bertz CT molecular complexity index is 1070. The van der Waals surface area contributed by atoms with E-state index in [2.05, 4.69) is 15.5 Å². The van der Waals surface area contributed by atoms with Crippen LogP contribution in [0.3, 0.4) is 0 Å². The van der Waals surface area contributed by atoms with E-state index in [-0.39, 0.29) is 34.5 Å². The van der Waals surface area contributed by atoms with E-state index in [0.717, 1.165) is 11.3 Å². The molecule has 3 aliphatic rings. The smallest absolute Gasteiger partial charge is 0.327 e. The Labute approximate surface area is 209 Å². The normalized spacial score (nSPS) is 29.7. The van der Waals surface area contributed by atoms with Crippen LogP contribution in [-0.2, 0) is 28.8 Å². The lowest BCUT2D eigenvalue weighted by Crippen LogP contribution is -2.71. The number of carbonyl (C=O) groups excluding carboxylic acids is 3. The number of aromatic nitrogens is 1. The fourth-order valence-electron chi connectivity index (χ4n) is 4.65. The number of aliphatic carboxylic acids is 1. The molecule has 2 aliphatic heterocycles. The van der Waals surface area contributed by atoms with Crippen LogP contribution in [0.5, 0.6) is 0 Å². The van der Waals surface area contributed by atoms with Gasteiger partial charge >= 0.3 is 11.9 Å². The number of oxime groups is 1. The number of β-lactam (4-membered cyclic amide) rings is 1. The van der Waals surface area contributed by atoms with Gasteiger partial charge in [-0.05, 0) is 39.5 Å². The van der Waals surface area contributed by atoms with Crippen LogP contribution in [0.25, 0.3) is 0 Å². The molecule has 0 aromatic carbocycles. The summed E-state index contributed by atoms with van der Waals surface area (Å²) in [7, 11) is 1.36. The zero-order valence-corrected chi connectivity index (χ0v) is 21.1. The predicted octanol–water partition coefficient (Wildman–Crippen LogP) is 0.810. The Balaban J connectivity index is 1.46. The standard InChI is InChI=1S/C21H27N5O7S2/c1-21(2)14(18(29)30)26-16(28)13(17(26)35-21)24-15(27)12(11-8-34-20(22)23-11)25-33-10-6-4-9(5-7-10)19(31)32-3/h8-10,13-14,17H,4-7H2,1-3H3,(H2,22,23)(H,24,27)(H,29,30)/b25-12-/t9-,10-,13-,14-,17+/m0/s1. The highest BCUT2D eigenvalue weighted by molar-refractivity contribution is 8.01. The fourth-order valence-corrected chi connectivity index (χ4v) is 6.83. The molecule has 2 amide bonds. The molecule has 0 spiro atoms. The first-order valence-electron chi connectivity index (χ1n) is 11.1. The van der Waals surface area contributed by atoms with Crippen molar-refractivity contribution in [2.75, 3.05) is 12.8 Å². The zero-order chi connectivity index (χ0) is 25.5. The van der Waals surface area contributed by atoms with Gasteiger partial charge in [0.1, 0.15) is 29.3 Å². The molecule has 14 heteroatoms. The van der Waals surface area contributed by atoms with Crippen LogP contribution in [0.2, 0.25) is 0 Å². The van der Waals surface area contributed by atoms with Crippen LogP contribution in [0, 0.1) is 5.92 Å². The van der Waals surface area contributed by atoms with Gasteiger partial charge in [0.15, 0.2) is 10.8 Å². The van der Waals surface area contributed by atoms with Gasteiger partial charge in [-0.25, -0.2) is 9.78 Å². The first kappa shape index (κ1) is 25.2. The van der Waals surface area contributed by atoms with Crippen molar-refractivity contribution in [2.45, 2.75) is 67.8 Å². The van der Waals surface area contributed by atoms with Crippen molar-refractivity contribution < 1.29 is 33.9 Å². The quantitative estimate of drug-likeness (QED) is 0.200. The molecular formula is C21H27N5O7S2. The molecule has 0 unspecified atom stereocenters. The summed E-state index contributed by atoms with van der Waals surface area (Å²) >= 11 is 2.46. The van der Waals surface area contributed by atoms with Gasteiger partial charge in [0, 0.05) is 10.1 Å². The van der Waals surface area contributed by atoms with Crippen LogP contribution in [0.15, 0.2) is 10.5 Å². The summed E-state index contributed by atoms with van der Waals surface area (Å²) in [5, 5.41) is 17.6. The molecule has 2 saturated heterocycles. The molecule has 12 nitrogen and oxygen atoms in total.